The zero-order valence-electron chi connectivity index (χ0n) is 7.35. The molecular weight excluding hydrogens is 235 g/mol. The Balaban J connectivity index is 2.66. The van der Waals surface area contributed by atoms with E-state index in [1.54, 1.807) is 16.8 Å². The molecule has 0 bridgehead atoms. The van der Waals surface area contributed by atoms with Crippen LogP contribution in [0.4, 0.5) is 0 Å². The van der Waals surface area contributed by atoms with Gasteiger partial charge in [-0.15, -0.1) is 10.2 Å². The van der Waals surface area contributed by atoms with Crippen LogP contribution in [0.25, 0.3) is 16.7 Å². The second kappa shape index (κ2) is 3.05. The van der Waals surface area contributed by atoms with Gasteiger partial charge in [0.15, 0.2) is 10.8 Å². The highest BCUT2D eigenvalue weighted by atomic mass is 35.5. The van der Waals surface area contributed by atoms with Crippen LogP contribution in [0.2, 0.25) is 10.2 Å². The van der Waals surface area contributed by atoms with Crippen molar-refractivity contribution in [1.82, 2.24) is 19.6 Å². The van der Waals surface area contributed by atoms with Crippen LogP contribution in [0, 0.1) is 0 Å². The van der Waals surface area contributed by atoms with Gasteiger partial charge in [0.05, 0.1) is 10.5 Å². The largest absolute Gasteiger partial charge is 0.277 e. The summed E-state index contributed by atoms with van der Waals surface area (Å²) in [5, 5.41) is 8.52. The van der Waals surface area contributed by atoms with Crippen LogP contribution in [0.1, 0.15) is 0 Å². The minimum absolute atomic E-state index is 0.299. The van der Waals surface area contributed by atoms with Gasteiger partial charge in [0, 0.05) is 0 Å². The predicted octanol–water partition coefficient (Wildman–Crippen LogP) is 2.58. The molecule has 0 saturated heterocycles. The van der Waals surface area contributed by atoms with Crippen LogP contribution >= 0.6 is 23.2 Å². The highest BCUT2D eigenvalue weighted by Crippen LogP contribution is 2.25. The van der Waals surface area contributed by atoms with Gasteiger partial charge in [0.25, 0.3) is 0 Å². The summed E-state index contributed by atoms with van der Waals surface area (Å²) in [6.07, 6.45) is 1.58. The Kier molecular flexibility index (Phi) is 1.81. The SMILES string of the molecule is Clc1cccc2c1nc(Cl)c1nncn12. The van der Waals surface area contributed by atoms with Gasteiger partial charge in [-0.1, -0.05) is 29.3 Å². The van der Waals surface area contributed by atoms with Gasteiger partial charge in [0.2, 0.25) is 0 Å². The normalized spacial score (nSPS) is 11.3. The highest BCUT2D eigenvalue weighted by Gasteiger charge is 2.09. The Hall–Kier alpha value is -1.39. The highest BCUT2D eigenvalue weighted by molar-refractivity contribution is 6.36. The molecule has 0 aliphatic rings. The summed E-state index contributed by atoms with van der Waals surface area (Å²) in [7, 11) is 0. The zero-order valence-corrected chi connectivity index (χ0v) is 8.87. The quantitative estimate of drug-likeness (QED) is 0.605. The van der Waals surface area contributed by atoms with Gasteiger partial charge in [-0.2, -0.15) is 0 Å². The Morgan fingerprint density at radius 2 is 2.07 bits per heavy atom. The fourth-order valence-electron chi connectivity index (χ4n) is 1.51. The van der Waals surface area contributed by atoms with Gasteiger partial charge in [0.1, 0.15) is 11.8 Å². The van der Waals surface area contributed by atoms with E-state index in [1.807, 2.05) is 12.1 Å². The van der Waals surface area contributed by atoms with E-state index < -0.39 is 0 Å². The molecule has 6 heteroatoms. The Bertz CT molecular complexity index is 662. The molecule has 0 aliphatic carbocycles. The average Bonchev–Trinajstić information content (AvgIpc) is 2.69. The van der Waals surface area contributed by atoms with Crippen molar-refractivity contribution in [2.24, 2.45) is 0 Å². The second-order valence-electron chi connectivity index (χ2n) is 3.03. The van der Waals surface area contributed by atoms with Crippen molar-refractivity contribution in [2.45, 2.75) is 0 Å². The molecule has 3 aromatic rings. The Morgan fingerprint density at radius 3 is 2.93 bits per heavy atom. The molecule has 0 saturated carbocycles. The summed E-state index contributed by atoms with van der Waals surface area (Å²) in [5.41, 5.74) is 2.02. The van der Waals surface area contributed by atoms with Crippen molar-refractivity contribution in [2.75, 3.05) is 0 Å². The molecule has 0 radical (unpaired) electrons. The van der Waals surface area contributed by atoms with E-state index in [0.717, 1.165) is 5.52 Å². The molecule has 0 fully saturated rings. The van der Waals surface area contributed by atoms with E-state index in [1.165, 1.54) is 0 Å². The number of benzene rings is 1. The number of nitrogens with zero attached hydrogens (tertiary/aromatic N) is 4. The standard InChI is InChI=1S/C9H4Cl2N4/c10-5-2-1-3-6-7(5)13-8(11)9-14-12-4-15(6)9/h1-4H. The number of rotatable bonds is 0. The first kappa shape index (κ1) is 8.88. The van der Waals surface area contributed by atoms with Crippen LogP contribution < -0.4 is 0 Å². The number of fused-ring (bicyclic) bond motifs is 3. The lowest BCUT2D eigenvalue weighted by molar-refractivity contribution is 1.11. The second-order valence-corrected chi connectivity index (χ2v) is 3.80. The zero-order chi connectivity index (χ0) is 10.4. The minimum atomic E-state index is 0.299. The van der Waals surface area contributed by atoms with Crippen molar-refractivity contribution < 1.29 is 0 Å². The number of hydrogen-bond acceptors (Lipinski definition) is 3. The first-order chi connectivity index (χ1) is 7.27. The molecule has 0 spiro atoms. The molecule has 74 valence electrons. The summed E-state index contributed by atoms with van der Waals surface area (Å²) >= 11 is 12.0. The maximum absolute atomic E-state index is 6.02. The van der Waals surface area contributed by atoms with E-state index in [9.17, 15) is 0 Å². The predicted molar refractivity (Wildman–Crippen MR) is 58.3 cm³/mol. The number of halogens is 2. The van der Waals surface area contributed by atoms with Gasteiger partial charge < -0.3 is 0 Å². The van der Waals surface area contributed by atoms with Crippen molar-refractivity contribution >= 4 is 39.9 Å². The molecule has 15 heavy (non-hydrogen) atoms. The molecule has 0 N–H and O–H groups in total. The van der Waals surface area contributed by atoms with Crippen LogP contribution in [-0.2, 0) is 0 Å². The van der Waals surface area contributed by atoms with Gasteiger partial charge in [-0.25, -0.2) is 4.98 Å². The van der Waals surface area contributed by atoms with E-state index in [2.05, 4.69) is 15.2 Å². The molecule has 0 atom stereocenters. The van der Waals surface area contributed by atoms with Crippen molar-refractivity contribution in [1.29, 1.82) is 0 Å². The lowest BCUT2D eigenvalue weighted by Gasteiger charge is -2.02. The maximum Gasteiger partial charge on any atom is 0.198 e. The summed E-state index contributed by atoms with van der Waals surface area (Å²) in [5.74, 6) is 0. The third-order valence-electron chi connectivity index (χ3n) is 2.17. The lowest BCUT2D eigenvalue weighted by atomic mass is 10.3. The first-order valence-corrected chi connectivity index (χ1v) is 4.96. The molecular formula is C9H4Cl2N4. The van der Waals surface area contributed by atoms with Crippen LogP contribution in [0.3, 0.4) is 0 Å². The van der Waals surface area contributed by atoms with Gasteiger partial charge >= 0.3 is 0 Å². The van der Waals surface area contributed by atoms with E-state index >= 15 is 0 Å². The monoisotopic (exact) mass is 238 g/mol. The average molecular weight is 239 g/mol. The summed E-state index contributed by atoms with van der Waals surface area (Å²) in [6, 6.07) is 5.50. The van der Waals surface area contributed by atoms with Crippen LogP contribution in [0.15, 0.2) is 24.5 Å². The Morgan fingerprint density at radius 1 is 1.20 bits per heavy atom. The fourth-order valence-corrected chi connectivity index (χ4v) is 1.93. The molecule has 1 aromatic carbocycles. The minimum Gasteiger partial charge on any atom is -0.277 e. The smallest absolute Gasteiger partial charge is 0.198 e. The molecule has 0 amide bonds. The van der Waals surface area contributed by atoms with Crippen molar-refractivity contribution in [3.8, 4) is 0 Å². The van der Waals surface area contributed by atoms with E-state index in [0.29, 0.717) is 21.3 Å². The number of para-hydroxylation sites is 1. The molecule has 2 aromatic heterocycles. The van der Waals surface area contributed by atoms with Gasteiger partial charge in [-0.3, -0.25) is 4.40 Å². The third-order valence-corrected chi connectivity index (χ3v) is 2.73. The van der Waals surface area contributed by atoms with Crippen molar-refractivity contribution in [3.63, 3.8) is 0 Å². The fraction of sp³-hybridized carbons (Fsp3) is 0. The maximum atomic E-state index is 6.02. The summed E-state index contributed by atoms with van der Waals surface area (Å²) in [4.78, 5) is 4.19. The topological polar surface area (TPSA) is 43.1 Å². The number of hydrogen-bond donors (Lipinski definition) is 0. The van der Waals surface area contributed by atoms with Crippen LogP contribution in [-0.4, -0.2) is 19.6 Å². The molecule has 0 aliphatic heterocycles. The lowest BCUT2D eigenvalue weighted by Crippen LogP contribution is -1.92. The molecule has 0 unspecified atom stereocenters. The Labute approximate surface area is 94.5 Å². The van der Waals surface area contributed by atoms with E-state index in [-0.39, 0.29) is 0 Å². The molecule has 4 nitrogen and oxygen atoms in total. The molecule has 2 heterocycles. The number of aromatic nitrogens is 4. The summed E-state index contributed by atoms with van der Waals surface area (Å²) < 4.78 is 1.76. The first-order valence-electron chi connectivity index (χ1n) is 4.21. The van der Waals surface area contributed by atoms with Crippen molar-refractivity contribution in [3.05, 3.63) is 34.7 Å². The van der Waals surface area contributed by atoms with Gasteiger partial charge in [-0.05, 0) is 12.1 Å². The van der Waals surface area contributed by atoms with Crippen LogP contribution in [0.5, 0.6) is 0 Å². The van der Waals surface area contributed by atoms with E-state index in [4.69, 9.17) is 23.2 Å². The summed E-state index contributed by atoms with van der Waals surface area (Å²) in [6.45, 7) is 0. The third kappa shape index (κ3) is 1.19. The molecule has 3 rings (SSSR count).